The SMILES string of the molecule is C=Cc1c(C)c2c(c(O)c1CC1=C(C)CC(C(=O)O)C1)C(=O)OC2. The molecule has 0 saturated heterocycles. The molecule has 1 aliphatic heterocycles. The molecule has 0 aromatic heterocycles. The number of aromatic hydroxyl groups is 1. The molecule has 126 valence electrons. The first kappa shape index (κ1) is 16.3. The number of carboxylic acids is 1. The molecule has 1 aliphatic carbocycles. The fourth-order valence-corrected chi connectivity index (χ4v) is 3.73. The molecular formula is C19H20O5. The Morgan fingerprint density at radius 3 is 2.67 bits per heavy atom. The molecule has 2 aliphatic rings. The fraction of sp³-hybridized carbons (Fsp3) is 0.368. The molecule has 1 heterocycles. The first-order chi connectivity index (χ1) is 11.3. The van der Waals surface area contributed by atoms with Crippen molar-refractivity contribution in [2.24, 2.45) is 5.92 Å². The Labute approximate surface area is 140 Å². The number of phenolic OH excluding ortho intramolecular Hbond substituents is 1. The highest BCUT2D eigenvalue weighted by molar-refractivity contribution is 5.98. The number of carbonyl (C=O) groups excluding carboxylic acids is 1. The molecule has 1 unspecified atom stereocenters. The van der Waals surface area contributed by atoms with Crippen LogP contribution in [0.4, 0.5) is 0 Å². The minimum absolute atomic E-state index is 0.0629. The van der Waals surface area contributed by atoms with Crippen LogP contribution in [0.1, 0.15) is 52.4 Å². The lowest BCUT2D eigenvalue weighted by atomic mass is 9.88. The van der Waals surface area contributed by atoms with E-state index in [0.717, 1.165) is 22.3 Å². The van der Waals surface area contributed by atoms with Gasteiger partial charge in [-0.25, -0.2) is 4.79 Å². The predicted molar refractivity (Wildman–Crippen MR) is 88.8 cm³/mol. The number of phenols is 1. The molecule has 24 heavy (non-hydrogen) atoms. The lowest BCUT2D eigenvalue weighted by Crippen LogP contribution is -2.10. The van der Waals surface area contributed by atoms with Crippen molar-refractivity contribution in [2.75, 3.05) is 0 Å². The van der Waals surface area contributed by atoms with Crippen LogP contribution in [0.3, 0.4) is 0 Å². The van der Waals surface area contributed by atoms with Crippen LogP contribution in [0.2, 0.25) is 0 Å². The third-order valence-electron chi connectivity index (χ3n) is 5.15. The summed E-state index contributed by atoms with van der Waals surface area (Å²) in [6.45, 7) is 7.81. The summed E-state index contributed by atoms with van der Waals surface area (Å²) in [6, 6.07) is 0. The number of hydrogen-bond donors (Lipinski definition) is 2. The molecule has 1 aromatic rings. The average Bonchev–Trinajstić information content (AvgIpc) is 3.09. The van der Waals surface area contributed by atoms with E-state index in [1.807, 2.05) is 13.8 Å². The maximum absolute atomic E-state index is 11.9. The van der Waals surface area contributed by atoms with Crippen molar-refractivity contribution in [1.29, 1.82) is 0 Å². The van der Waals surface area contributed by atoms with Crippen LogP contribution >= 0.6 is 0 Å². The van der Waals surface area contributed by atoms with E-state index in [1.165, 1.54) is 0 Å². The largest absolute Gasteiger partial charge is 0.507 e. The van der Waals surface area contributed by atoms with E-state index < -0.39 is 17.9 Å². The van der Waals surface area contributed by atoms with Crippen molar-refractivity contribution in [1.82, 2.24) is 0 Å². The molecule has 0 spiro atoms. The van der Waals surface area contributed by atoms with Gasteiger partial charge < -0.3 is 14.9 Å². The summed E-state index contributed by atoms with van der Waals surface area (Å²) < 4.78 is 5.06. The first-order valence-electron chi connectivity index (χ1n) is 7.92. The summed E-state index contributed by atoms with van der Waals surface area (Å²) in [7, 11) is 0. The smallest absolute Gasteiger partial charge is 0.342 e. The van der Waals surface area contributed by atoms with Gasteiger partial charge in [-0.3, -0.25) is 4.79 Å². The molecule has 0 fully saturated rings. The van der Waals surface area contributed by atoms with Crippen LogP contribution in [0.15, 0.2) is 17.7 Å². The van der Waals surface area contributed by atoms with Crippen LogP contribution in [0.5, 0.6) is 5.75 Å². The van der Waals surface area contributed by atoms with Gasteiger partial charge >= 0.3 is 11.9 Å². The Balaban J connectivity index is 2.06. The summed E-state index contributed by atoms with van der Waals surface area (Å²) in [6.07, 6.45) is 3.09. The summed E-state index contributed by atoms with van der Waals surface area (Å²) in [5.41, 5.74) is 5.29. The first-order valence-corrected chi connectivity index (χ1v) is 7.92. The molecule has 0 bridgehead atoms. The van der Waals surface area contributed by atoms with Crippen molar-refractivity contribution >= 4 is 18.0 Å². The Morgan fingerprint density at radius 2 is 2.08 bits per heavy atom. The van der Waals surface area contributed by atoms with Crippen LogP contribution in [0.25, 0.3) is 6.08 Å². The molecule has 3 rings (SSSR count). The zero-order valence-electron chi connectivity index (χ0n) is 13.8. The Hall–Kier alpha value is -2.56. The van der Waals surface area contributed by atoms with E-state index in [2.05, 4.69) is 6.58 Å². The maximum Gasteiger partial charge on any atom is 0.342 e. The monoisotopic (exact) mass is 328 g/mol. The van der Waals surface area contributed by atoms with Gasteiger partial charge in [0.1, 0.15) is 17.9 Å². The van der Waals surface area contributed by atoms with Gasteiger partial charge in [0.2, 0.25) is 0 Å². The third kappa shape index (κ3) is 2.40. The summed E-state index contributed by atoms with van der Waals surface area (Å²) >= 11 is 0. The Kier molecular flexibility index (Phi) is 3.95. The molecule has 0 amide bonds. The molecule has 5 heteroatoms. The summed E-state index contributed by atoms with van der Waals surface area (Å²) in [4.78, 5) is 23.2. The van der Waals surface area contributed by atoms with Crippen LogP contribution in [0, 0.1) is 12.8 Å². The van der Waals surface area contributed by atoms with E-state index in [1.54, 1.807) is 6.08 Å². The van der Waals surface area contributed by atoms with E-state index in [4.69, 9.17) is 4.74 Å². The van der Waals surface area contributed by atoms with Crippen LogP contribution in [-0.4, -0.2) is 22.2 Å². The topological polar surface area (TPSA) is 83.8 Å². The van der Waals surface area contributed by atoms with Crippen LogP contribution < -0.4 is 0 Å². The second kappa shape index (κ2) is 5.82. The van der Waals surface area contributed by atoms with Gasteiger partial charge in [-0.15, -0.1) is 0 Å². The van der Waals surface area contributed by atoms with Crippen molar-refractivity contribution < 1.29 is 24.5 Å². The number of aliphatic carboxylic acids is 1. The number of allylic oxidation sites excluding steroid dienone is 2. The highest BCUT2D eigenvalue weighted by Crippen LogP contribution is 2.41. The molecule has 2 N–H and O–H groups in total. The minimum atomic E-state index is -0.800. The number of carboxylic acid groups (broad SMARTS) is 1. The quantitative estimate of drug-likeness (QED) is 0.654. The fourth-order valence-electron chi connectivity index (χ4n) is 3.73. The number of hydrogen-bond acceptors (Lipinski definition) is 4. The lowest BCUT2D eigenvalue weighted by molar-refractivity contribution is -0.141. The number of carbonyl (C=O) groups is 2. The highest BCUT2D eigenvalue weighted by atomic mass is 16.5. The molecular weight excluding hydrogens is 308 g/mol. The molecule has 5 nitrogen and oxygen atoms in total. The third-order valence-corrected chi connectivity index (χ3v) is 5.15. The van der Waals surface area contributed by atoms with Crippen LogP contribution in [-0.2, 0) is 22.6 Å². The molecule has 1 atom stereocenters. The van der Waals surface area contributed by atoms with Gasteiger partial charge in [-0.2, -0.15) is 0 Å². The average molecular weight is 328 g/mol. The van der Waals surface area contributed by atoms with E-state index in [9.17, 15) is 19.8 Å². The second-order valence-electron chi connectivity index (χ2n) is 6.50. The number of cyclic esters (lactones) is 1. The van der Waals surface area contributed by atoms with E-state index >= 15 is 0 Å². The number of ether oxygens (including phenoxy) is 1. The number of benzene rings is 1. The van der Waals surface area contributed by atoms with Gasteiger partial charge in [0.15, 0.2) is 0 Å². The summed E-state index contributed by atoms with van der Waals surface area (Å²) in [5.74, 6) is -1.78. The van der Waals surface area contributed by atoms with Gasteiger partial charge in [0, 0.05) is 11.1 Å². The van der Waals surface area contributed by atoms with Gasteiger partial charge in [0.05, 0.1) is 5.92 Å². The Bertz CT molecular complexity index is 801. The highest BCUT2D eigenvalue weighted by Gasteiger charge is 2.33. The minimum Gasteiger partial charge on any atom is -0.507 e. The van der Waals surface area contributed by atoms with Gasteiger partial charge in [-0.1, -0.05) is 23.8 Å². The predicted octanol–water partition coefficient (Wildman–Crippen LogP) is 3.37. The Morgan fingerprint density at radius 1 is 1.38 bits per heavy atom. The standard InChI is InChI=1S/C19H20O5/c1-4-13-10(3)15-8-24-19(23)16(15)17(20)14(13)7-11-6-12(18(21)22)5-9(11)2/h4,12,20H,1,5-8H2,2-3H3,(H,21,22). The zero-order valence-corrected chi connectivity index (χ0v) is 13.8. The molecule has 1 aromatic carbocycles. The lowest BCUT2D eigenvalue weighted by Gasteiger charge is -2.16. The van der Waals surface area contributed by atoms with Gasteiger partial charge in [0.25, 0.3) is 0 Å². The number of fused-ring (bicyclic) bond motifs is 1. The van der Waals surface area contributed by atoms with E-state index in [0.29, 0.717) is 30.4 Å². The van der Waals surface area contributed by atoms with Gasteiger partial charge in [-0.05, 0) is 44.2 Å². The van der Waals surface area contributed by atoms with Crippen molar-refractivity contribution in [3.8, 4) is 5.75 Å². The normalized spacial score (nSPS) is 19.4. The zero-order chi connectivity index (χ0) is 17.6. The maximum atomic E-state index is 11.9. The van der Waals surface area contributed by atoms with Crippen molar-refractivity contribution in [3.63, 3.8) is 0 Å². The van der Waals surface area contributed by atoms with Crippen molar-refractivity contribution in [3.05, 3.63) is 45.5 Å². The number of esters is 1. The summed E-state index contributed by atoms with van der Waals surface area (Å²) in [5, 5.41) is 19.9. The van der Waals surface area contributed by atoms with Crippen molar-refractivity contribution in [2.45, 2.75) is 39.7 Å². The number of rotatable bonds is 4. The molecule has 0 radical (unpaired) electrons. The molecule has 0 saturated carbocycles. The second-order valence-corrected chi connectivity index (χ2v) is 6.50. The van der Waals surface area contributed by atoms with E-state index in [-0.39, 0.29) is 17.9 Å².